The summed E-state index contributed by atoms with van der Waals surface area (Å²) in [5.41, 5.74) is 10.9. The maximum Gasteiger partial charge on any atom is 0.164 e. The van der Waals surface area contributed by atoms with Gasteiger partial charge < -0.3 is 4.57 Å². The molecule has 0 bridgehead atoms. The van der Waals surface area contributed by atoms with Crippen molar-refractivity contribution in [1.82, 2.24) is 19.5 Å². The van der Waals surface area contributed by atoms with Crippen LogP contribution < -0.4 is 0 Å². The van der Waals surface area contributed by atoms with Gasteiger partial charge in [-0.05, 0) is 45.8 Å². The van der Waals surface area contributed by atoms with Gasteiger partial charge in [0.1, 0.15) is 0 Å². The summed E-state index contributed by atoms with van der Waals surface area (Å²) in [6.07, 6.45) is 0. The molecule has 10 rings (SSSR count). The first-order valence-electron chi connectivity index (χ1n) is 17.9. The minimum absolute atomic E-state index is 0.631. The minimum atomic E-state index is 0.631. The highest BCUT2D eigenvalue weighted by atomic mass is 15.0. The predicted molar refractivity (Wildman–Crippen MR) is 219 cm³/mol. The van der Waals surface area contributed by atoms with E-state index in [0.717, 1.165) is 44.2 Å². The van der Waals surface area contributed by atoms with Crippen LogP contribution in [0.4, 0.5) is 0 Å². The number of rotatable bonds is 6. The maximum absolute atomic E-state index is 5.24. The molecule has 0 saturated heterocycles. The zero-order valence-corrected chi connectivity index (χ0v) is 28.8. The molecule has 0 atom stereocenters. The lowest BCUT2D eigenvalue weighted by Gasteiger charge is -2.12. The van der Waals surface area contributed by atoms with Crippen LogP contribution in [-0.2, 0) is 0 Å². The molecule has 248 valence electrons. The number of nitrogens with zero attached hydrogens (tertiary/aromatic N) is 4. The third kappa shape index (κ3) is 5.36. The first-order chi connectivity index (χ1) is 26.3. The first kappa shape index (κ1) is 30.6. The van der Waals surface area contributed by atoms with Gasteiger partial charge in [0.2, 0.25) is 0 Å². The van der Waals surface area contributed by atoms with Crippen molar-refractivity contribution in [1.29, 1.82) is 0 Å². The zero-order valence-electron chi connectivity index (χ0n) is 28.8. The van der Waals surface area contributed by atoms with Gasteiger partial charge in [-0.15, -0.1) is 0 Å². The van der Waals surface area contributed by atoms with Gasteiger partial charge in [0.15, 0.2) is 17.5 Å². The van der Waals surface area contributed by atoms with E-state index < -0.39 is 0 Å². The lowest BCUT2D eigenvalue weighted by atomic mass is 9.94. The topological polar surface area (TPSA) is 43.6 Å². The summed E-state index contributed by atoms with van der Waals surface area (Å²) in [5.74, 6) is 1.91. The van der Waals surface area contributed by atoms with E-state index in [2.05, 4.69) is 180 Å². The van der Waals surface area contributed by atoms with Gasteiger partial charge in [-0.25, -0.2) is 15.0 Å². The van der Waals surface area contributed by atoms with Crippen molar-refractivity contribution in [2.75, 3.05) is 0 Å². The van der Waals surface area contributed by atoms with Crippen molar-refractivity contribution >= 4 is 32.6 Å². The summed E-state index contributed by atoms with van der Waals surface area (Å²) in [7, 11) is 0. The fraction of sp³-hybridized carbons (Fsp3) is 0. The van der Waals surface area contributed by atoms with E-state index in [1.165, 1.54) is 33.0 Å². The third-order valence-electron chi connectivity index (χ3n) is 10.1. The van der Waals surface area contributed by atoms with Crippen LogP contribution in [0.5, 0.6) is 0 Å². The second kappa shape index (κ2) is 12.9. The molecule has 0 aliphatic carbocycles. The van der Waals surface area contributed by atoms with Gasteiger partial charge in [0, 0.05) is 38.5 Å². The van der Waals surface area contributed by atoms with Crippen molar-refractivity contribution in [2.45, 2.75) is 0 Å². The van der Waals surface area contributed by atoms with Gasteiger partial charge in [-0.3, -0.25) is 0 Å². The standard InChI is InChI=1S/C49H32N4/c1-4-15-33(16-5-1)39-22-12-13-23-40(39)35-27-29-37(30-28-35)48-50-47(36-18-6-2-7-19-36)51-49(52-48)43-25-14-26-44-45(43)42-32-31-34-17-10-11-24-41(34)46(42)53(44)38-20-8-3-9-21-38/h1-32H. The van der Waals surface area contributed by atoms with Gasteiger partial charge in [-0.1, -0.05) is 176 Å². The Bertz CT molecular complexity index is 2910. The van der Waals surface area contributed by atoms with Gasteiger partial charge in [0.25, 0.3) is 0 Å². The van der Waals surface area contributed by atoms with Crippen LogP contribution in [-0.4, -0.2) is 19.5 Å². The second-order valence-corrected chi connectivity index (χ2v) is 13.2. The lowest BCUT2D eigenvalue weighted by molar-refractivity contribution is 1.08. The minimum Gasteiger partial charge on any atom is -0.309 e. The number of aromatic nitrogens is 4. The van der Waals surface area contributed by atoms with E-state index in [1.54, 1.807) is 0 Å². The molecule has 0 spiro atoms. The molecule has 0 unspecified atom stereocenters. The highest BCUT2D eigenvalue weighted by molar-refractivity contribution is 6.22. The van der Waals surface area contributed by atoms with Crippen LogP contribution in [0.3, 0.4) is 0 Å². The third-order valence-corrected chi connectivity index (χ3v) is 10.1. The average molecular weight is 677 g/mol. The summed E-state index contributed by atoms with van der Waals surface area (Å²) < 4.78 is 2.38. The quantitative estimate of drug-likeness (QED) is 0.176. The summed E-state index contributed by atoms with van der Waals surface area (Å²) in [6, 6.07) is 68.0. The van der Waals surface area contributed by atoms with E-state index in [4.69, 9.17) is 15.0 Å². The average Bonchev–Trinajstić information content (AvgIpc) is 3.60. The number of hydrogen-bond acceptors (Lipinski definition) is 3. The summed E-state index contributed by atoms with van der Waals surface area (Å²) in [5, 5.41) is 4.67. The Hall–Kier alpha value is -7.17. The normalized spacial score (nSPS) is 11.4. The smallest absolute Gasteiger partial charge is 0.164 e. The number of benzene rings is 8. The summed E-state index contributed by atoms with van der Waals surface area (Å²) >= 11 is 0. The van der Waals surface area contributed by atoms with Crippen LogP contribution in [0.25, 0.3) is 94.7 Å². The molecule has 2 heterocycles. The number of fused-ring (bicyclic) bond motifs is 5. The number of hydrogen-bond donors (Lipinski definition) is 0. The van der Waals surface area contributed by atoms with Crippen molar-refractivity contribution in [2.24, 2.45) is 0 Å². The Morgan fingerprint density at radius 3 is 1.53 bits per heavy atom. The Labute approximate surface area is 307 Å². The molecule has 0 saturated carbocycles. The fourth-order valence-electron chi connectivity index (χ4n) is 7.60. The van der Waals surface area contributed by atoms with Crippen LogP contribution in [0, 0.1) is 0 Å². The van der Waals surface area contributed by atoms with Gasteiger partial charge in [-0.2, -0.15) is 0 Å². The molecule has 0 aliphatic heterocycles. The van der Waals surface area contributed by atoms with Gasteiger partial charge in [0.05, 0.1) is 11.0 Å². The molecule has 0 N–H and O–H groups in total. The number of para-hydroxylation sites is 1. The molecular formula is C49H32N4. The molecule has 0 radical (unpaired) electrons. The van der Waals surface area contributed by atoms with Crippen LogP contribution in [0.1, 0.15) is 0 Å². The molecule has 53 heavy (non-hydrogen) atoms. The van der Waals surface area contributed by atoms with Crippen molar-refractivity contribution < 1.29 is 0 Å². The molecule has 10 aromatic rings. The van der Waals surface area contributed by atoms with E-state index in [0.29, 0.717) is 17.5 Å². The predicted octanol–water partition coefficient (Wildman–Crippen LogP) is 12.5. The first-order valence-corrected chi connectivity index (χ1v) is 17.9. The van der Waals surface area contributed by atoms with Gasteiger partial charge >= 0.3 is 0 Å². The molecule has 0 aliphatic rings. The SMILES string of the molecule is c1ccc(-c2nc(-c3ccc(-c4ccccc4-c4ccccc4)cc3)nc(-c3cccc4c3c3ccc5ccccc5c3n4-c3ccccc3)n2)cc1. The Balaban J connectivity index is 1.18. The van der Waals surface area contributed by atoms with Crippen molar-refractivity contribution in [3.05, 3.63) is 194 Å². The molecule has 2 aromatic heterocycles. The molecule has 0 fully saturated rings. The Morgan fingerprint density at radius 1 is 0.321 bits per heavy atom. The largest absolute Gasteiger partial charge is 0.309 e. The van der Waals surface area contributed by atoms with Crippen LogP contribution in [0.2, 0.25) is 0 Å². The highest BCUT2D eigenvalue weighted by Crippen LogP contribution is 2.41. The lowest BCUT2D eigenvalue weighted by Crippen LogP contribution is -2.00. The molecule has 4 heteroatoms. The van der Waals surface area contributed by atoms with E-state index >= 15 is 0 Å². The van der Waals surface area contributed by atoms with E-state index in [-0.39, 0.29) is 0 Å². The fourth-order valence-corrected chi connectivity index (χ4v) is 7.60. The monoisotopic (exact) mass is 676 g/mol. The second-order valence-electron chi connectivity index (χ2n) is 13.2. The van der Waals surface area contributed by atoms with Crippen LogP contribution in [0.15, 0.2) is 194 Å². The van der Waals surface area contributed by atoms with Crippen LogP contribution >= 0.6 is 0 Å². The van der Waals surface area contributed by atoms with Crippen molar-refractivity contribution in [3.8, 4) is 62.1 Å². The Morgan fingerprint density at radius 2 is 0.830 bits per heavy atom. The van der Waals surface area contributed by atoms with Crippen molar-refractivity contribution in [3.63, 3.8) is 0 Å². The Kier molecular flexibility index (Phi) is 7.43. The maximum atomic E-state index is 5.24. The molecule has 8 aromatic carbocycles. The summed E-state index contributed by atoms with van der Waals surface area (Å²) in [6.45, 7) is 0. The highest BCUT2D eigenvalue weighted by Gasteiger charge is 2.21. The molecular weight excluding hydrogens is 645 g/mol. The molecule has 4 nitrogen and oxygen atoms in total. The molecule has 0 amide bonds. The summed E-state index contributed by atoms with van der Waals surface area (Å²) in [4.78, 5) is 15.5. The zero-order chi connectivity index (χ0) is 35.1. The van der Waals surface area contributed by atoms with E-state index in [1.807, 2.05) is 18.2 Å². The van der Waals surface area contributed by atoms with E-state index in [9.17, 15) is 0 Å².